The maximum atomic E-state index is 11.0. The number of ether oxygens (including phenoxy) is 2. The zero-order valence-electron chi connectivity index (χ0n) is 9.06. The highest BCUT2D eigenvalue weighted by Crippen LogP contribution is 1.94. The molecule has 0 heterocycles. The van der Waals surface area contributed by atoms with Gasteiger partial charge in [0.2, 0.25) is 6.29 Å². The van der Waals surface area contributed by atoms with Crippen LogP contribution >= 0.6 is 0 Å². The summed E-state index contributed by atoms with van der Waals surface area (Å²) in [6, 6.07) is 0. The topological polar surface area (TPSA) is 105 Å². The van der Waals surface area contributed by atoms with Crippen molar-refractivity contribution < 1.29 is 27.8 Å². The number of rotatable bonds is 6. The third-order valence-corrected chi connectivity index (χ3v) is 1.98. The molecule has 8 heteroatoms. The van der Waals surface area contributed by atoms with Crippen molar-refractivity contribution in [3.8, 4) is 0 Å². The van der Waals surface area contributed by atoms with Crippen LogP contribution in [0, 0.1) is 0 Å². The molecule has 0 aromatic carbocycles. The van der Waals surface area contributed by atoms with Crippen LogP contribution < -0.4 is 5.32 Å². The van der Waals surface area contributed by atoms with Gasteiger partial charge in [0.25, 0.3) is 0 Å². The van der Waals surface area contributed by atoms with Gasteiger partial charge in [-0.1, -0.05) is 11.1 Å². The van der Waals surface area contributed by atoms with E-state index in [-0.39, 0.29) is 12.3 Å². The first-order chi connectivity index (χ1) is 7.41. The van der Waals surface area contributed by atoms with Crippen molar-refractivity contribution in [2.75, 3.05) is 12.3 Å². The number of esters is 1. The van der Waals surface area contributed by atoms with Crippen LogP contribution in [0.25, 0.3) is 0 Å². The van der Waals surface area contributed by atoms with E-state index in [0.717, 1.165) is 0 Å². The summed E-state index contributed by atoms with van der Waals surface area (Å²) < 4.78 is 29.4. The first-order valence-corrected chi connectivity index (χ1v) is 5.83. The summed E-state index contributed by atoms with van der Waals surface area (Å²) in [6.07, 6.45) is -1.43. The summed E-state index contributed by atoms with van der Waals surface area (Å²) in [5.74, 6) is -0.582. The number of hydrogen-bond donors (Lipinski definition) is 1. The fourth-order valence-corrected chi connectivity index (χ4v) is 1.21. The van der Waals surface area contributed by atoms with E-state index in [2.05, 4.69) is 14.8 Å². The van der Waals surface area contributed by atoms with Gasteiger partial charge >= 0.3 is 12.1 Å². The third kappa shape index (κ3) is 9.41. The first-order valence-electron chi connectivity index (χ1n) is 4.59. The molecule has 0 radical (unpaired) electrons. The molecule has 0 saturated carbocycles. The number of alkyl carbamates (subject to hydrolysis) is 1. The van der Waals surface area contributed by atoms with Crippen LogP contribution in [0.1, 0.15) is 20.3 Å². The van der Waals surface area contributed by atoms with Gasteiger partial charge in [-0.25, -0.2) is 4.79 Å². The standard InChI is InChI=1S/C8H15NO6S/c1-6(10)14-7(2)15-8(11)9-4-3-5-16(12)13/h7H,3-5H2,1-2H3,(H,9,11)(H,12,13)/p-1. The fourth-order valence-electron chi connectivity index (χ4n) is 0.831. The van der Waals surface area contributed by atoms with E-state index >= 15 is 0 Å². The number of hydrogen-bond acceptors (Lipinski definition) is 6. The van der Waals surface area contributed by atoms with Gasteiger partial charge in [-0.2, -0.15) is 0 Å². The molecule has 0 saturated heterocycles. The minimum absolute atomic E-state index is 0.0280. The fraction of sp³-hybridized carbons (Fsp3) is 0.750. The molecule has 16 heavy (non-hydrogen) atoms. The van der Waals surface area contributed by atoms with Crippen molar-refractivity contribution in [3.63, 3.8) is 0 Å². The quantitative estimate of drug-likeness (QED) is 0.306. The smallest absolute Gasteiger partial charge is 0.410 e. The third-order valence-electron chi connectivity index (χ3n) is 1.36. The lowest BCUT2D eigenvalue weighted by Crippen LogP contribution is -2.30. The van der Waals surface area contributed by atoms with Crippen LogP contribution in [-0.2, 0) is 25.3 Å². The summed E-state index contributed by atoms with van der Waals surface area (Å²) in [5, 5.41) is 2.32. The van der Waals surface area contributed by atoms with Gasteiger partial charge in [0.15, 0.2) is 0 Å². The molecule has 0 aliphatic carbocycles. The number of carbonyl (C=O) groups is 2. The van der Waals surface area contributed by atoms with E-state index in [1.807, 2.05) is 0 Å². The van der Waals surface area contributed by atoms with Gasteiger partial charge in [0, 0.05) is 26.1 Å². The molecule has 7 nitrogen and oxygen atoms in total. The van der Waals surface area contributed by atoms with Crippen molar-refractivity contribution in [3.05, 3.63) is 0 Å². The summed E-state index contributed by atoms with van der Waals surface area (Å²) in [7, 11) is 0. The second kappa shape index (κ2) is 8.05. The summed E-state index contributed by atoms with van der Waals surface area (Å²) in [6.45, 7) is 2.77. The molecule has 0 fully saturated rings. The van der Waals surface area contributed by atoms with Crippen molar-refractivity contribution >= 4 is 23.1 Å². The molecule has 2 unspecified atom stereocenters. The van der Waals surface area contributed by atoms with Crippen LogP contribution in [-0.4, -0.2) is 39.4 Å². The average molecular weight is 252 g/mol. The molecule has 1 amide bonds. The molecule has 0 aliphatic rings. The van der Waals surface area contributed by atoms with E-state index in [9.17, 15) is 18.4 Å². The van der Waals surface area contributed by atoms with Gasteiger partial charge in [-0.05, 0) is 6.42 Å². The van der Waals surface area contributed by atoms with Crippen molar-refractivity contribution in [1.29, 1.82) is 0 Å². The molecule has 2 atom stereocenters. The van der Waals surface area contributed by atoms with Gasteiger partial charge in [0.05, 0.1) is 0 Å². The predicted octanol–water partition coefficient (Wildman–Crippen LogP) is -0.109. The maximum absolute atomic E-state index is 11.0. The minimum atomic E-state index is -2.11. The Morgan fingerprint density at radius 2 is 2.06 bits per heavy atom. The van der Waals surface area contributed by atoms with Crippen LogP contribution in [0.3, 0.4) is 0 Å². The second-order valence-corrected chi connectivity index (χ2v) is 3.89. The second-order valence-electron chi connectivity index (χ2n) is 2.87. The number of nitrogens with one attached hydrogen (secondary N) is 1. The molecular formula is C8H14NO6S-. The van der Waals surface area contributed by atoms with Gasteiger partial charge < -0.3 is 19.3 Å². The summed E-state index contributed by atoms with van der Waals surface area (Å²) in [4.78, 5) is 21.5. The highest BCUT2D eigenvalue weighted by atomic mass is 32.2. The minimum Gasteiger partial charge on any atom is -0.772 e. The molecule has 0 rings (SSSR count). The molecule has 1 N–H and O–H groups in total. The lowest BCUT2D eigenvalue weighted by Gasteiger charge is -2.13. The molecule has 0 aromatic rings. The Morgan fingerprint density at radius 3 is 2.56 bits per heavy atom. The zero-order valence-corrected chi connectivity index (χ0v) is 9.87. The van der Waals surface area contributed by atoms with Gasteiger partial charge in [-0.3, -0.25) is 9.00 Å². The SMILES string of the molecule is CC(=O)OC(C)OC(=O)NCCCS(=O)[O-]. The van der Waals surface area contributed by atoms with Crippen LogP contribution in [0.5, 0.6) is 0 Å². The molecule has 0 bridgehead atoms. The highest BCUT2D eigenvalue weighted by molar-refractivity contribution is 7.79. The maximum Gasteiger partial charge on any atom is 0.410 e. The first kappa shape index (κ1) is 14.8. The Balaban J connectivity index is 3.58. The number of carbonyl (C=O) groups excluding carboxylic acids is 2. The van der Waals surface area contributed by atoms with Crippen molar-refractivity contribution in [1.82, 2.24) is 5.32 Å². The largest absolute Gasteiger partial charge is 0.772 e. The lowest BCUT2D eigenvalue weighted by molar-refractivity contribution is -0.162. The molecule has 0 aliphatic heterocycles. The van der Waals surface area contributed by atoms with E-state index in [1.54, 1.807) is 0 Å². The Bertz CT molecular complexity index is 269. The Kier molecular flexibility index (Phi) is 7.48. The predicted molar refractivity (Wildman–Crippen MR) is 54.1 cm³/mol. The van der Waals surface area contributed by atoms with Crippen LogP contribution in [0.15, 0.2) is 0 Å². The van der Waals surface area contributed by atoms with Crippen LogP contribution in [0.4, 0.5) is 4.79 Å². The van der Waals surface area contributed by atoms with E-state index in [1.165, 1.54) is 13.8 Å². The van der Waals surface area contributed by atoms with E-state index < -0.39 is 29.4 Å². The van der Waals surface area contributed by atoms with E-state index in [4.69, 9.17) is 0 Å². The Hall–Kier alpha value is -1.15. The number of amides is 1. The van der Waals surface area contributed by atoms with E-state index in [0.29, 0.717) is 6.42 Å². The molecule has 0 spiro atoms. The summed E-state index contributed by atoms with van der Waals surface area (Å²) in [5.41, 5.74) is 0. The van der Waals surface area contributed by atoms with Crippen molar-refractivity contribution in [2.45, 2.75) is 26.6 Å². The lowest BCUT2D eigenvalue weighted by atomic mass is 10.5. The monoisotopic (exact) mass is 252 g/mol. The molecule has 94 valence electrons. The Labute approximate surface area is 95.8 Å². The van der Waals surface area contributed by atoms with Crippen molar-refractivity contribution in [2.24, 2.45) is 0 Å². The molecule has 0 aromatic heterocycles. The summed E-state index contributed by atoms with van der Waals surface area (Å²) >= 11 is -2.11. The van der Waals surface area contributed by atoms with Gasteiger partial charge in [-0.15, -0.1) is 0 Å². The van der Waals surface area contributed by atoms with Crippen LogP contribution in [0.2, 0.25) is 0 Å². The van der Waals surface area contributed by atoms with Gasteiger partial charge in [0.1, 0.15) is 0 Å². The Morgan fingerprint density at radius 1 is 1.44 bits per heavy atom. The average Bonchev–Trinajstić information content (AvgIpc) is 2.10. The zero-order chi connectivity index (χ0) is 12.6. The molecular weight excluding hydrogens is 238 g/mol. The normalized spacial score (nSPS) is 13.7. The highest BCUT2D eigenvalue weighted by Gasteiger charge is 2.10.